The third-order valence-electron chi connectivity index (χ3n) is 4.52. The largest absolute Gasteiger partial charge is 0.256 e. The molecule has 1 aliphatic carbocycles. The molecule has 3 rings (SSSR count). The van der Waals surface area contributed by atoms with Crippen molar-refractivity contribution in [3.05, 3.63) is 53.7 Å². The van der Waals surface area contributed by atoms with Gasteiger partial charge < -0.3 is 0 Å². The molecule has 0 bridgehead atoms. The number of benzene rings is 1. The van der Waals surface area contributed by atoms with Crippen molar-refractivity contribution in [3.63, 3.8) is 0 Å². The second-order valence-corrected chi connectivity index (χ2v) is 5.86. The summed E-state index contributed by atoms with van der Waals surface area (Å²) in [6, 6.07) is 13.3. The van der Waals surface area contributed by atoms with Crippen LogP contribution in [0.25, 0.3) is 11.3 Å². The van der Waals surface area contributed by atoms with E-state index < -0.39 is 0 Å². The van der Waals surface area contributed by atoms with Crippen LogP contribution in [0.3, 0.4) is 0 Å². The van der Waals surface area contributed by atoms with E-state index in [9.17, 15) is 0 Å². The Bertz CT molecular complexity index is 550. The molecule has 1 heteroatoms. The maximum atomic E-state index is 4.56. The van der Waals surface area contributed by atoms with Crippen LogP contribution in [-0.4, -0.2) is 4.98 Å². The third-order valence-corrected chi connectivity index (χ3v) is 4.52. The van der Waals surface area contributed by atoms with Crippen LogP contribution in [0.15, 0.2) is 42.6 Å². The van der Waals surface area contributed by atoms with Gasteiger partial charge in [0.2, 0.25) is 0 Å². The molecular formula is C19H23N. The first-order chi connectivity index (χ1) is 9.86. The molecule has 0 aliphatic heterocycles. The van der Waals surface area contributed by atoms with Crippen molar-refractivity contribution < 1.29 is 0 Å². The summed E-state index contributed by atoms with van der Waals surface area (Å²) in [5.41, 5.74) is 5.22. The van der Waals surface area contributed by atoms with E-state index in [-0.39, 0.29) is 0 Å². The van der Waals surface area contributed by atoms with Gasteiger partial charge in [-0.05, 0) is 48.4 Å². The van der Waals surface area contributed by atoms with E-state index in [0.717, 1.165) is 18.0 Å². The maximum absolute atomic E-state index is 4.56. The lowest BCUT2D eigenvalue weighted by atomic mass is 9.84. The normalized spacial score (nSPS) is 16.2. The smallest absolute Gasteiger partial charge is 0.0704 e. The molecule has 0 spiro atoms. The van der Waals surface area contributed by atoms with Crippen molar-refractivity contribution in [2.24, 2.45) is 0 Å². The molecule has 20 heavy (non-hydrogen) atoms. The first-order valence-corrected chi connectivity index (χ1v) is 7.92. The van der Waals surface area contributed by atoms with Gasteiger partial charge in [-0.15, -0.1) is 0 Å². The minimum absolute atomic E-state index is 0.750. The number of nitrogens with zero attached hydrogens (tertiary/aromatic N) is 1. The number of rotatable bonds is 3. The lowest BCUT2D eigenvalue weighted by Crippen LogP contribution is -2.04. The Kier molecular flexibility index (Phi) is 4.15. The molecule has 1 saturated carbocycles. The molecule has 0 unspecified atom stereocenters. The van der Waals surface area contributed by atoms with Crippen LogP contribution in [0.4, 0.5) is 0 Å². The molecule has 1 fully saturated rings. The van der Waals surface area contributed by atoms with Gasteiger partial charge in [-0.2, -0.15) is 0 Å². The molecule has 0 N–H and O–H groups in total. The van der Waals surface area contributed by atoms with E-state index in [1.54, 1.807) is 0 Å². The van der Waals surface area contributed by atoms with Gasteiger partial charge >= 0.3 is 0 Å². The first-order valence-electron chi connectivity index (χ1n) is 7.92. The molecule has 104 valence electrons. The highest BCUT2D eigenvalue weighted by molar-refractivity contribution is 5.60. The summed E-state index contributed by atoms with van der Waals surface area (Å²) < 4.78 is 0. The van der Waals surface area contributed by atoms with Crippen LogP contribution in [0.2, 0.25) is 0 Å². The fourth-order valence-corrected chi connectivity index (χ4v) is 3.21. The molecule has 0 radical (unpaired) electrons. The maximum Gasteiger partial charge on any atom is 0.0704 e. The topological polar surface area (TPSA) is 12.9 Å². The third kappa shape index (κ3) is 2.92. The Morgan fingerprint density at radius 2 is 1.75 bits per heavy atom. The van der Waals surface area contributed by atoms with Crippen LogP contribution >= 0.6 is 0 Å². The Labute approximate surface area is 122 Å². The highest BCUT2D eigenvalue weighted by Crippen LogP contribution is 2.33. The molecular weight excluding hydrogens is 242 g/mol. The quantitative estimate of drug-likeness (QED) is 0.728. The molecule has 1 aromatic carbocycles. The second-order valence-electron chi connectivity index (χ2n) is 5.86. The van der Waals surface area contributed by atoms with Crippen molar-refractivity contribution in [1.82, 2.24) is 4.98 Å². The number of hydrogen-bond donors (Lipinski definition) is 0. The fraction of sp³-hybridized carbons (Fsp3) is 0.421. The highest BCUT2D eigenvalue weighted by Gasteiger charge is 2.16. The summed E-state index contributed by atoms with van der Waals surface area (Å²) in [6.45, 7) is 2.19. The van der Waals surface area contributed by atoms with Gasteiger partial charge in [0.05, 0.1) is 5.69 Å². The van der Waals surface area contributed by atoms with Crippen LogP contribution in [0.1, 0.15) is 56.1 Å². The molecule has 2 aromatic rings. The molecule has 0 saturated heterocycles. The lowest BCUT2D eigenvalue weighted by Gasteiger charge is -2.22. The van der Waals surface area contributed by atoms with E-state index >= 15 is 0 Å². The summed E-state index contributed by atoms with van der Waals surface area (Å²) in [4.78, 5) is 4.56. The van der Waals surface area contributed by atoms with Gasteiger partial charge in [0.15, 0.2) is 0 Å². The van der Waals surface area contributed by atoms with Gasteiger partial charge in [0, 0.05) is 11.8 Å². The van der Waals surface area contributed by atoms with E-state index in [2.05, 4.69) is 48.3 Å². The molecule has 1 heterocycles. The molecule has 1 nitrogen and oxygen atoms in total. The Balaban J connectivity index is 1.85. The summed E-state index contributed by atoms with van der Waals surface area (Å²) in [7, 11) is 0. The lowest BCUT2D eigenvalue weighted by molar-refractivity contribution is 0.443. The van der Waals surface area contributed by atoms with Gasteiger partial charge in [-0.1, -0.05) is 50.5 Å². The Hall–Kier alpha value is -1.63. The summed E-state index contributed by atoms with van der Waals surface area (Å²) >= 11 is 0. The monoisotopic (exact) mass is 265 g/mol. The summed E-state index contributed by atoms with van der Waals surface area (Å²) in [5, 5.41) is 0. The van der Waals surface area contributed by atoms with Crippen LogP contribution in [0, 0.1) is 0 Å². The number of hydrogen-bond acceptors (Lipinski definition) is 1. The van der Waals surface area contributed by atoms with E-state index in [0.29, 0.717) is 0 Å². The van der Waals surface area contributed by atoms with Gasteiger partial charge in [0.1, 0.15) is 0 Å². The zero-order valence-corrected chi connectivity index (χ0v) is 12.3. The molecule has 0 atom stereocenters. The number of pyridine rings is 1. The fourth-order valence-electron chi connectivity index (χ4n) is 3.21. The minimum Gasteiger partial charge on any atom is -0.256 e. The van der Waals surface area contributed by atoms with E-state index in [1.165, 1.54) is 48.8 Å². The Morgan fingerprint density at radius 1 is 1.00 bits per heavy atom. The van der Waals surface area contributed by atoms with Crippen LogP contribution in [-0.2, 0) is 6.42 Å². The average molecular weight is 265 g/mol. The highest BCUT2D eigenvalue weighted by atomic mass is 14.7. The average Bonchev–Trinajstić information content (AvgIpc) is 2.56. The van der Waals surface area contributed by atoms with Crippen molar-refractivity contribution >= 4 is 0 Å². The zero-order valence-electron chi connectivity index (χ0n) is 12.3. The predicted octanol–water partition coefficient (Wildman–Crippen LogP) is 5.36. The summed E-state index contributed by atoms with van der Waals surface area (Å²) in [6.07, 6.45) is 9.94. The molecule has 0 amide bonds. The standard InChI is InChI=1S/C19H23N/c1-2-15-8-10-17(11-9-15)19-14-18(12-13-20-19)16-6-4-3-5-7-16/h8-14,16H,2-7H2,1H3. The van der Waals surface area contributed by atoms with Gasteiger partial charge in [-0.3, -0.25) is 4.98 Å². The minimum atomic E-state index is 0.750. The summed E-state index contributed by atoms with van der Waals surface area (Å²) in [5.74, 6) is 0.750. The first kappa shape index (κ1) is 13.4. The van der Waals surface area contributed by atoms with Crippen LogP contribution < -0.4 is 0 Å². The van der Waals surface area contributed by atoms with Gasteiger partial charge in [-0.25, -0.2) is 0 Å². The van der Waals surface area contributed by atoms with Crippen molar-refractivity contribution in [2.75, 3.05) is 0 Å². The molecule has 1 aliphatic rings. The number of aryl methyl sites for hydroxylation is 1. The number of aromatic nitrogens is 1. The second kappa shape index (κ2) is 6.21. The predicted molar refractivity (Wildman–Crippen MR) is 84.9 cm³/mol. The Morgan fingerprint density at radius 3 is 2.45 bits per heavy atom. The van der Waals surface area contributed by atoms with Crippen LogP contribution in [0.5, 0.6) is 0 Å². The van der Waals surface area contributed by atoms with Crippen molar-refractivity contribution in [3.8, 4) is 11.3 Å². The van der Waals surface area contributed by atoms with E-state index in [4.69, 9.17) is 0 Å². The van der Waals surface area contributed by atoms with Crippen molar-refractivity contribution in [1.29, 1.82) is 0 Å². The van der Waals surface area contributed by atoms with Gasteiger partial charge in [0.25, 0.3) is 0 Å². The zero-order chi connectivity index (χ0) is 13.8. The van der Waals surface area contributed by atoms with E-state index in [1.807, 2.05) is 6.20 Å². The molecule has 1 aromatic heterocycles. The van der Waals surface area contributed by atoms with Crippen molar-refractivity contribution in [2.45, 2.75) is 51.4 Å². The SMILES string of the molecule is CCc1ccc(-c2cc(C3CCCCC3)ccn2)cc1.